The molecular weight excluding hydrogens is 547 g/mol. The summed E-state index contributed by atoms with van der Waals surface area (Å²) in [4.78, 5) is 21.7. The first-order valence-electron chi connectivity index (χ1n) is 12.4. The average Bonchev–Trinajstić information content (AvgIpc) is 3.36. The van der Waals surface area contributed by atoms with Crippen molar-refractivity contribution in [2.45, 2.75) is 20.0 Å². The van der Waals surface area contributed by atoms with Gasteiger partial charge in [0, 0.05) is 5.69 Å². The molecule has 0 spiro atoms. The number of thiophene rings is 1. The van der Waals surface area contributed by atoms with Crippen LogP contribution in [0.5, 0.6) is 5.75 Å². The predicted molar refractivity (Wildman–Crippen MR) is 158 cm³/mol. The van der Waals surface area contributed by atoms with Crippen LogP contribution in [0, 0.1) is 24.6 Å². The Kier molecular flexibility index (Phi) is 8.55. The molecule has 2 N–H and O–H groups in total. The number of nitrogens with one attached hydrogen (secondary N) is 2. The maximum Gasteiger partial charge on any atom is 0.225 e. The van der Waals surface area contributed by atoms with Crippen LogP contribution in [0.3, 0.4) is 0 Å². The molecule has 5 rings (SSSR count). The molecule has 2 heterocycles. The quantitative estimate of drug-likeness (QED) is 0.200. The van der Waals surface area contributed by atoms with Gasteiger partial charge in [-0.15, -0.1) is 11.3 Å². The summed E-state index contributed by atoms with van der Waals surface area (Å²) in [5.74, 6) is 6.83. The highest BCUT2D eigenvalue weighted by Gasteiger charge is 2.10. The first-order chi connectivity index (χ1) is 19.4. The second kappa shape index (κ2) is 12.6. The van der Waals surface area contributed by atoms with E-state index in [1.807, 2.05) is 43.3 Å². The molecule has 0 atom stereocenters. The fourth-order valence-corrected chi connectivity index (χ4v) is 5.02. The maximum absolute atomic E-state index is 13.4. The minimum atomic E-state index is -0.314. The minimum Gasteiger partial charge on any atom is -0.487 e. The van der Waals surface area contributed by atoms with Crippen molar-refractivity contribution in [2.24, 2.45) is 0 Å². The Bertz CT molecular complexity index is 1730. The Hall–Kier alpha value is -4.45. The molecule has 0 saturated carbocycles. The zero-order valence-electron chi connectivity index (χ0n) is 21.5. The number of hydrogen-bond acceptors (Lipinski definition) is 6. The topological polar surface area (TPSA) is 76.1 Å². The van der Waals surface area contributed by atoms with Crippen LogP contribution < -0.4 is 15.4 Å². The molecule has 0 bridgehead atoms. The van der Waals surface area contributed by atoms with E-state index in [1.165, 1.54) is 29.8 Å². The number of anilines is 2. The van der Waals surface area contributed by atoms with E-state index in [1.54, 1.807) is 24.3 Å². The molecule has 1 amide bonds. The Morgan fingerprint density at radius 1 is 1.05 bits per heavy atom. The zero-order valence-corrected chi connectivity index (χ0v) is 23.1. The number of amides is 1. The molecule has 0 radical (unpaired) electrons. The summed E-state index contributed by atoms with van der Waals surface area (Å²) in [7, 11) is 0. The number of ether oxygens (including phenoxy) is 1. The Balaban J connectivity index is 1.20. The first-order valence-corrected chi connectivity index (χ1v) is 13.6. The third kappa shape index (κ3) is 7.14. The van der Waals surface area contributed by atoms with Crippen LogP contribution in [0.4, 0.5) is 15.9 Å². The van der Waals surface area contributed by atoms with E-state index in [4.69, 9.17) is 16.3 Å². The smallest absolute Gasteiger partial charge is 0.225 e. The number of carbonyl (C=O) groups excluding carboxylic acids is 1. The lowest BCUT2D eigenvalue weighted by atomic mass is 10.1. The molecule has 0 aliphatic carbocycles. The highest BCUT2D eigenvalue weighted by molar-refractivity contribution is 7.20. The summed E-state index contributed by atoms with van der Waals surface area (Å²) in [6.45, 7) is 2.47. The van der Waals surface area contributed by atoms with E-state index in [-0.39, 0.29) is 24.9 Å². The lowest BCUT2D eigenvalue weighted by Gasteiger charge is -2.11. The van der Waals surface area contributed by atoms with Crippen LogP contribution in [-0.2, 0) is 17.8 Å². The Labute approximate surface area is 240 Å². The number of carbonyl (C=O) groups is 1. The number of benzene rings is 3. The lowest BCUT2D eigenvalue weighted by molar-refractivity contribution is -0.120. The van der Waals surface area contributed by atoms with Gasteiger partial charge >= 0.3 is 0 Å². The van der Waals surface area contributed by atoms with E-state index in [0.717, 1.165) is 31.9 Å². The van der Waals surface area contributed by atoms with Crippen LogP contribution in [0.2, 0.25) is 5.02 Å². The SMILES string of the molecule is Cc1ccc(CC(=O)NCC#Cc2cc3ncnc(Nc4ccc(OCc5cccc(F)c5)c(Cl)c4)c3s2)cc1. The fraction of sp³-hybridized carbons (Fsp3) is 0.129. The van der Waals surface area contributed by atoms with E-state index >= 15 is 0 Å². The molecule has 40 heavy (non-hydrogen) atoms. The predicted octanol–water partition coefficient (Wildman–Crippen LogP) is 6.83. The molecular formula is C31H24ClFN4O2S. The van der Waals surface area contributed by atoms with E-state index in [9.17, 15) is 9.18 Å². The van der Waals surface area contributed by atoms with Crippen LogP contribution >= 0.6 is 22.9 Å². The molecule has 9 heteroatoms. The van der Waals surface area contributed by atoms with Crippen molar-refractivity contribution < 1.29 is 13.9 Å². The summed E-state index contributed by atoms with van der Waals surface area (Å²) in [5, 5.41) is 6.53. The van der Waals surface area contributed by atoms with Gasteiger partial charge in [0.2, 0.25) is 5.91 Å². The summed E-state index contributed by atoms with van der Waals surface area (Å²) in [6.07, 6.45) is 1.80. The van der Waals surface area contributed by atoms with Crippen LogP contribution in [-0.4, -0.2) is 22.4 Å². The van der Waals surface area contributed by atoms with Crippen molar-refractivity contribution in [1.82, 2.24) is 15.3 Å². The molecule has 3 aromatic carbocycles. The highest BCUT2D eigenvalue weighted by Crippen LogP contribution is 2.33. The summed E-state index contributed by atoms with van der Waals surface area (Å²) >= 11 is 7.90. The van der Waals surface area contributed by atoms with E-state index in [2.05, 4.69) is 32.4 Å². The van der Waals surface area contributed by atoms with Gasteiger partial charge in [-0.2, -0.15) is 0 Å². The van der Waals surface area contributed by atoms with Crippen molar-refractivity contribution in [2.75, 3.05) is 11.9 Å². The number of aromatic nitrogens is 2. The van der Waals surface area contributed by atoms with Crippen LogP contribution in [0.1, 0.15) is 21.6 Å². The molecule has 0 fully saturated rings. The fourth-order valence-electron chi connectivity index (χ4n) is 3.85. The Morgan fingerprint density at radius 2 is 1.90 bits per heavy atom. The lowest BCUT2D eigenvalue weighted by Crippen LogP contribution is -2.25. The Morgan fingerprint density at radius 3 is 2.70 bits per heavy atom. The second-order valence-electron chi connectivity index (χ2n) is 8.98. The van der Waals surface area contributed by atoms with E-state index in [0.29, 0.717) is 28.6 Å². The molecule has 6 nitrogen and oxygen atoms in total. The summed E-state index contributed by atoms with van der Waals surface area (Å²) in [6, 6.07) is 21.3. The number of hydrogen-bond donors (Lipinski definition) is 2. The van der Waals surface area contributed by atoms with Crippen molar-refractivity contribution >= 4 is 50.6 Å². The van der Waals surface area contributed by atoms with Gasteiger partial charge in [-0.3, -0.25) is 4.79 Å². The third-order valence-electron chi connectivity index (χ3n) is 5.86. The number of rotatable bonds is 8. The van der Waals surface area contributed by atoms with Gasteiger partial charge in [0.05, 0.1) is 33.1 Å². The number of fused-ring (bicyclic) bond motifs is 1. The second-order valence-corrected chi connectivity index (χ2v) is 10.4. The van der Waals surface area contributed by atoms with Crippen molar-refractivity contribution in [3.8, 4) is 17.6 Å². The molecule has 2 aromatic heterocycles. The molecule has 0 aliphatic heterocycles. The van der Waals surface area contributed by atoms with Crippen molar-refractivity contribution in [1.29, 1.82) is 0 Å². The normalized spacial score (nSPS) is 10.6. The first kappa shape index (κ1) is 27.1. The van der Waals surface area contributed by atoms with Gasteiger partial charge < -0.3 is 15.4 Å². The van der Waals surface area contributed by atoms with Gasteiger partial charge in [0.15, 0.2) is 5.82 Å². The number of nitrogens with zero attached hydrogens (tertiary/aromatic N) is 2. The largest absolute Gasteiger partial charge is 0.487 e. The molecule has 0 aliphatic rings. The maximum atomic E-state index is 13.4. The molecule has 0 saturated heterocycles. The van der Waals surface area contributed by atoms with Crippen molar-refractivity contribution in [3.05, 3.63) is 112 Å². The van der Waals surface area contributed by atoms with Crippen LogP contribution in [0.25, 0.3) is 10.2 Å². The van der Waals surface area contributed by atoms with Crippen LogP contribution in [0.15, 0.2) is 79.1 Å². The summed E-state index contributed by atoms with van der Waals surface area (Å²) < 4.78 is 20.0. The third-order valence-corrected chi connectivity index (χ3v) is 7.20. The zero-order chi connectivity index (χ0) is 27.9. The van der Waals surface area contributed by atoms with Crippen molar-refractivity contribution in [3.63, 3.8) is 0 Å². The van der Waals surface area contributed by atoms with Gasteiger partial charge in [0.25, 0.3) is 0 Å². The highest BCUT2D eigenvalue weighted by atomic mass is 35.5. The van der Waals surface area contributed by atoms with E-state index < -0.39 is 0 Å². The standard InChI is InChI=1S/C31H24ClFN4O2S/c1-20-7-9-21(10-8-20)15-29(38)34-13-3-6-25-17-27-30(40-25)31(36-19-35-27)37-24-11-12-28(26(32)16-24)39-18-22-4-2-5-23(33)14-22/h2,4-5,7-12,14,16-17,19H,13,15,18H2,1H3,(H,34,38)(H,35,36,37). The number of halogens is 2. The molecule has 5 aromatic rings. The molecule has 0 unspecified atom stereocenters. The monoisotopic (exact) mass is 570 g/mol. The van der Waals surface area contributed by atoms with Gasteiger partial charge in [-0.25, -0.2) is 14.4 Å². The van der Waals surface area contributed by atoms with Gasteiger partial charge in [0.1, 0.15) is 24.5 Å². The minimum absolute atomic E-state index is 0.0733. The molecule has 200 valence electrons. The van der Waals surface area contributed by atoms with Gasteiger partial charge in [-0.05, 0) is 54.4 Å². The summed E-state index contributed by atoms with van der Waals surface area (Å²) in [5.41, 5.74) is 4.32. The van der Waals surface area contributed by atoms with Gasteiger partial charge in [-0.1, -0.05) is 65.4 Å². The number of aryl methyl sites for hydroxylation is 1. The average molecular weight is 571 g/mol.